The Morgan fingerprint density at radius 1 is 1.00 bits per heavy atom. The summed E-state index contributed by atoms with van der Waals surface area (Å²) in [7, 11) is 2.11. The highest BCUT2D eigenvalue weighted by Gasteiger charge is 2.27. The molecule has 2 atom stereocenters. The first-order chi connectivity index (χ1) is 12.6. The van der Waals surface area contributed by atoms with Crippen LogP contribution in [0.1, 0.15) is 29.7 Å². The smallest absolute Gasteiger partial charge is 0.0742 e. The molecule has 0 bridgehead atoms. The summed E-state index contributed by atoms with van der Waals surface area (Å²) in [6, 6.07) is 19.6. The van der Waals surface area contributed by atoms with E-state index in [0.29, 0.717) is 6.04 Å². The van der Waals surface area contributed by atoms with E-state index in [1.807, 2.05) is 24.5 Å². The van der Waals surface area contributed by atoms with E-state index in [2.05, 4.69) is 71.9 Å². The van der Waals surface area contributed by atoms with Gasteiger partial charge in [-0.2, -0.15) is 0 Å². The van der Waals surface area contributed by atoms with Crippen molar-refractivity contribution in [1.29, 1.82) is 0 Å². The summed E-state index contributed by atoms with van der Waals surface area (Å²) >= 11 is 6.10. The van der Waals surface area contributed by atoms with Gasteiger partial charge in [0.15, 0.2) is 0 Å². The van der Waals surface area contributed by atoms with Gasteiger partial charge < -0.3 is 0 Å². The maximum Gasteiger partial charge on any atom is 0.0742 e. The Hall–Kier alpha value is -2.20. The summed E-state index contributed by atoms with van der Waals surface area (Å²) in [5.74, 6) is 0. The second-order valence-corrected chi connectivity index (χ2v) is 7.39. The quantitative estimate of drug-likeness (QED) is 0.703. The highest BCUT2D eigenvalue weighted by molar-refractivity contribution is 6.30. The Kier molecular flexibility index (Phi) is 4.77. The lowest BCUT2D eigenvalue weighted by atomic mass is 9.90. The van der Waals surface area contributed by atoms with Crippen LogP contribution in [-0.4, -0.2) is 23.1 Å². The summed E-state index contributed by atoms with van der Waals surface area (Å²) in [5, 5.41) is 2.98. The van der Waals surface area contributed by atoms with Gasteiger partial charge in [0.05, 0.1) is 6.04 Å². The summed E-state index contributed by atoms with van der Waals surface area (Å²) in [4.78, 5) is 4.13. The number of hydrogen-bond donors (Lipinski definition) is 1. The highest BCUT2D eigenvalue weighted by Crippen LogP contribution is 2.35. The molecule has 0 spiro atoms. The van der Waals surface area contributed by atoms with Gasteiger partial charge in [0.1, 0.15) is 0 Å². The fourth-order valence-corrected chi connectivity index (χ4v) is 3.95. The number of halogens is 1. The number of benzene rings is 2. The van der Waals surface area contributed by atoms with Gasteiger partial charge in [0.25, 0.3) is 0 Å². The maximum atomic E-state index is 6.10. The SMILES string of the molecule is CC1Cc2cc(-c3ccncc3)ccc2C(c2ccc(Cl)cc2)N(C)N1. The molecule has 26 heavy (non-hydrogen) atoms. The average molecular weight is 364 g/mol. The minimum atomic E-state index is 0.152. The van der Waals surface area contributed by atoms with E-state index < -0.39 is 0 Å². The van der Waals surface area contributed by atoms with Crippen molar-refractivity contribution in [1.82, 2.24) is 15.4 Å². The molecule has 1 N–H and O–H groups in total. The molecule has 1 aliphatic heterocycles. The number of pyridine rings is 1. The number of rotatable bonds is 2. The summed E-state index contributed by atoms with van der Waals surface area (Å²) in [6.45, 7) is 2.23. The first-order valence-corrected chi connectivity index (χ1v) is 9.27. The third-order valence-electron chi connectivity index (χ3n) is 4.97. The molecule has 0 aliphatic carbocycles. The molecule has 3 nitrogen and oxygen atoms in total. The number of fused-ring (bicyclic) bond motifs is 1. The Bertz CT molecular complexity index is 893. The predicted molar refractivity (Wildman–Crippen MR) is 107 cm³/mol. The first-order valence-electron chi connectivity index (χ1n) is 8.89. The van der Waals surface area contributed by atoms with Crippen LogP contribution in [0, 0.1) is 0 Å². The Labute approximate surface area is 159 Å². The zero-order valence-electron chi connectivity index (χ0n) is 15.0. The molecule has 0 saturated heterocycles. The molecule has 4 heteroatoms. The number of aromatic nitrogens is 1. The Morgan fingerprint density at radius 3 is 2.46 bits per heavy atom. The minimum Gasteiger partial charge on any atom is -0.265 e. The van der Waals surface area contributed by atoms with Gasteiger partial charge in [-0.3, -0.25) is 10.4 Å². The lowest BCUT2D eigenvalue weighted by molar-refractivity contribution is 0.172. The molecule has 0 fully saturated rings. The standard InChI is InChI=1S/C22H22ClN3/c1-15-13-19-14-18(16-9-11-24-12-10-16)5-8-21(19)22(26(2)25-15)17-3-6-20(23)7-4-17/h3-12,14-15,22,25H,13H2,1-2H3. The molecular formula is C22H22ClN3. The van der Waals surface area contributed by atoms with E-state index in [1.165, 1.54) is 27.8 Å². The molecule has 132 valence electrons. The van der Waals surface area contributed by atoms with Gasteiger partial charge in [-0.15, -0.1) is 0 Å². The third kappa shape index (κ3) is 3.38. The van der Waals surface area contributed by atoms with Gasteiger partial charge in [-0.05, 0) is 65.4 Å². The molecule has 2 heterocycles. The van der Waals surface area contributed by atoms with Crippen LogP contribution in [0.3, 0.4) is 0 Å². The first kappa shape index (κ1) is 17.2. The van der Waals surface area contributed by atoms with Crippen molar-refractivity contribution in [3.8, 4) is 11.1 Å². The number of nitrogens with one attached hydrogen (secondary N) is 1. The second-order valence-electron chi connectivity index (χ2n) is 6.95. The minimum absolute atomic E-state index is 0.152. The van der Waals surface area contributed by atoms with Crippen molar-refractivity contribution < 1.29 is 0 Å². The van der Waals surface area contributed by atoms with Crippen LogP contribution in [-0.2, 0) is 6.42 Å². The Balaban J connectivity index is 1.81. The van der Waals surface area contributed by atoms with E-state index in [-0.39, 0.29) is 6.04 Å². The fourth-order valence-electron chi connectivity index (χ4n) is 3.83. The molecule has 0 radical (unpaired) electrons. The molecule has 0 saturated carbocycles. The van der Waals surface area contributed by atoms with Gasteiger partial charge in [-0.25, -0.2) is 5.01 Å². The average Bonchev–Trinajstić information content (AvgIpc) is 2.77. The van der Waals surface area contributed by atoms with Crippen LogP contribution in [0.15, 0.2) is 67.0 Å². The zero-order valence-corrected chi connectivity index (χ0v) is 15.7. The largest absolute Gasteiger partial charge is 0.265 e. The normalized spacial score (nSPS) is 20.4. The van der Waals surface area contributed by atoms with Crippen molar-refractivity contribution in [2.75, 3.05) is 7.05 Å². The van der Waals surface area contributed by atoms with E-state index in [9.17, 15) is 0 Å². The summed E-state index contributed by atoms with van der Waals surface area (Å²) < 4.78 is 0. The number of hydrazine groups is 1. The molecule has 3 aromatic rings. The van der Waals surface area contributed by atoms with Crippen LogP contribution in [0.2, 0.25) is 5.02 Å². The molecule has 1 aromatic heterocycles. The molecule has 1 aliphatic rings. The predicted octanol–water partition coefficient (Wildman–Crippen LogP) is 4.87. The van der Waals surface area contributed by atoms with Crippen LogP contribution in [0.5, 0.6) is 0 Å². The molecule has 0 amide bonds. The van der Waals surface area contributed by atoms with E-state index >= 15 is 0 Å². The molecule has 2 unspecified atom stereocenters. The van der Waals surface area contributed by atoms with Crippen LogP contribution < -0.4 is 5.43 Å². The van der Waals surface area contributed by atoms with Crippen molar-refractivity contribution in [2.24, 2.45) is 0 Å². The topological polar surface area (TPSA) is 28.2 Å². The van der Waals surface area contributed by atoms with Crippen LogP contribution in [0.4, 0.5) is 0 Å². The van der Waals surface area contributed by atoms with E-state index in [4.69, 9.17) is 11.6 Å². The Morgan fingerprint density at radius 2 is 1.73 bits per heavy atom. The fraction of sp³-hybridized carbons (Fsp3) is 0.227. The molecular weight excluding hydrogens is 342 g/mol. The monoisotopic (exact) mass is 363 g/mol. The van der Waals surface area contributed by atoms with Crippen LogP contribution in [0.25, 0.3) is 11.1 Å². The zero-order chi connectivity index (χ0) is 18.1. The van der Waals surface area contributed by atoms with E-state index in [1.54, 1.807) is 0 Å². The van der Waals surface area contributed by atoms with Gasteiger partial charge in [0, 0.05) is 30.5 Å². The van der Waals surface area contributed by atoms with Crippen molar-refractivity contribution in [2.45, 2.75) is 25.4 Å². The second kappa shape index (κ2) is 7.20. The van der Waals surface area contributed by atoms with Crippen molar-refractivity contribution >= 4 is 11.6 Å². The lowest BCUT2D eigenvalue weighted by Gasteiger charge is -2.29. The van der Waals surface area contributed by atoms with Gasteiger partial charge in [0.2, 0.25) is 0 Å². The highest BCUT2D eigenvalue weighted by atomic mass is 35.5. The van der Waals surface area contributed by atoms with Crippen LogP contribution >= 0.6 is 11.6 Å². The molecule has 2 aromatic carbocycles. The van der Waals surface area contributed by atoms with Gasteiger partial charge >= 0.3 is 0 Å². The number of nitrogens with zero attached hydrogens (tertiary/aromatic N) is 2. The molecule has 4 rings (SSSR count). The van der Waals surface area contributed by atoms with Crippen molar-refractivity contribution in [3.63, 3.8) is 0 Å². The third-order valence-corrected chi connectivity index (χ3v) is 5.23. The van der Waals surface area contributed by atoms with E-state index in [0.717, 1.165) is 11.4 Å². The number of hydrogen-bond acceptors (Lipinski definition) is 3. The summed E-state index contributed by atoms with van der Waals surface area (Å²) in [6.07, 6.45) is 4.67. The van der Waals surface area contributed by atoms with Crippen molar-refractivity contribution in [3.05, 3.63) is 88.7 Å². The maximum absolute atomic E-state index is 6.10. The summed E-state index contributed by atoms with van der Waals surface area (Å²) in [5.41, 5.74) is 9.98. The lowest BCUT2D eigenvalue weighted by Crippen LogP contribution is -2.41. The van der Waals surface area contributed by atoms with Gasteiger partial charge in [-0.1, -0.05) is 41.9 Å².